The standard InChI is InChI=1S/2C22H29N3O2.4ClH.3H2O/c2*1-18(22(23)26)25-14-12-24(13-15-25)16-17-27-21(19-8-4-2-5-9-19)20-10-6-3-7-11-20;;;;;;;/h2*2-11,18,21H,12-17H2,1H3,(H2,23,26);4*1H;3*1H2. The van der Waals surface area contributed by atoms with Crippen LogP contribution in [0.25, 0.3) is 0 Å². The van der Waals surface area contributed by atoms with E-state index in [0.29, 0.717) is 13.2 Å². The van der Waals surface area contributed by atoms with Crippen molar-refractivity contribution in [3.63, 3.8) is 0 Å². The average molecular weight is 935 g/mol. The molecule has 17 heteroatoms. The molecule has 61 heavy (non-hydrogen) atoms. The Balaban J connectivity index is -0.000000989. The molecule has 6 rings (SSSR count). The van der Waals surface area contributed by atoms with E-state index in [-0.39, 0.29) is 102 Å². The zero-order valence-corrected chi connectivity index (χ0v) is 38.3. The van der Waals surface area contributed by atoms with Crippen LogP contribution in [0.15, 0.2) is 121 Å². The third-order valence-electron chi connectivity index (χ3n) is 10.5. The number of primary amides is 2. The average Bonchev–Trinajstić information content (AvgIpc) is 3.22. The van der Waals surface area contributed by atoms with E-state index in [1.807, 2.05) is 86.6 Å². The van der Waals surface area contributed by atoms with E-state index in [0.717, 1.165) is 65.4 Å². The Hall–Kier alpha value is -3.38. The molecule has 2 unspecified atom stereocenters. The topological polar surface area (TPSA) is 212 Å². The van der Waals surface area contributed by atoms with E-state index in [2.05, 4.69) is 68.1 Å². The summed E-state index contributed by atoms with van der Waals surface area (Å²) in [6, 6.07) is 41.0. The van der Waals surface area contributed by atoms with E-state index in [1.54, 1.807) is 0 Å². The van der Waals surface area contributed by atoms with Crippen molar-refractivity contribution in [3.05, 3.63) is 144 Å². The molecule has 13 nitrogen and oxygen atoms in total. The second kappa shape index (κ2) is 33.2. The van der Waals surface area contributed by atoms with Crippen LogP contribution in [0.2, 0.25) is 0 Å². The SMILES string of the molecule is CC(C(N)=O)N1CCN(CCOC(c2ccccc2)c2ccccc2)CC1.CC(C(N)=O)N1CCN(CCOC(c2ccccc2)c2ccccc2)CC1.Cl.Cl.Cl.Cl.O.O.O. The predicted octanol–water partition coefficient (Wildman–Crippen LogP) is 3.78. The molecule has 0 aromatic heterocycles. The van der Waals surface area contributed by atoms with E-state index in [4.69, 9.17) is 20.9 Å². The largest absolute Gasteiger partial charge is 0.412 e. The summed E-state index contributed by atoms with van der Waals surface area (Å²) in [6.07, 6.45) is -0.104. The highest BCUT2D eigenvalue weighted by Crippen LogP contribution is 2.27. The van der Waals surface area contributed by atoms with Gasteiger partial charge in [0.05, 0.1) is 25.3 Å². The Morgan fingerprint density at radius 1 is 0.459 bits per heavy atom. The molecule has 10 N–H and O–H groups in total. The Bertz CT molecular complexity index is 1480. The van der Waals surface area contributed by atoms with Crippen LogP contribution in [-0.2, 0) is 19.1 Å². The first-order chi connectivity index (χ1) is 26.3. The van der Waals surface area contributed by atoms with E-state index >= 15 is 0 Å². The maximum Gasteiger partial charge on any atom is 0.234 e. The molecular weight excluding hydrogens is 866 g/mol. The van der Waals surface area contributed by atoms with Crippen LogP contribution < -0.4 is 11.5 Å². The molecule has 4 aromatic rings. The number of amides is 2. The fourth-order valence-corrected chi connectivity index (χ4v) is 6.99. The highest BCUT2D eigenvalue weighted by Gasteiger charge is 2.25. The first-order valence-electron chi connectivity index (χ1n) is 19.2. The number of ether oxygens (including phenoxy) is 2. The molecule has 0 spiro atoms. The van der Waals surface area contributed by atoms with Crippen molar-refractivity contribution in [2.24, 2.45) is 11.5 Å². The number of piperazine rings is 2. The van der Waals surface area contributed by atoms with E-state index in [9.17, 15) is 9.59 Å². The van der Waals surface area contributed by atoms with Gasteiger partial charge in [-0.3, -0.25) is 29.2 Å². The summed E-state index contributed by atoms with van der Waals surface area (Å²) in [4.78, 5) is 31.8. The van der Waals surface area contributed by atoms with Crippen LogP contribution in [0, 0.1) is 0 Å². The highest BCUT2D eigenvalue weighted by atomic mass is 35.5. The van der Waals surface area contributed by atoms with Gasteiger partial charge in [-0.05, 0) is 36.1 Å². The summed E-state index contributed by atoms with van der Waals surface area (Å²) in [5.74, 6) is -0.499. The monoisotopic (exact) mass is 932 g/mol. The second-order valence-electron chi connectivity index (χ2n) is 14.1. The number of halogens is 4. The maximum absolute atomic E-state index is 11.3. The van der Waals surface area contributed by atoms with Gasteiger partial charge in [-0.2, -0.15) is 0 Å². The molecule has 2 amide bonds. The summed E-state index contributed by atoms with van der Waals surface area (Å²) in [6.45, 7) is 14.1. The Morgan fingerprint density at radius 3 is 0.902 bits per heavy atom. The van der Waals surface area contributed by atoms with Crippen LogP contribution in [-0.4, -0.2) is 139 Å². The number of hydrogen-bond acceptors (Lipinski definition) is 8. The van der Waals surface area contributed by atoms with E-state index in [1.165, 1.54) is 22.3 Å². The summed E-state index contributed by atoms with van der Waals surface area (Å²) in [5, 5.41) is 0. The molecule has 0 aliphatic carbocycles. The first kappa shape index (κ1) is 61.9. The summed E-state index contributed by atoms with van der Waals surface area (Å²) < 4.78 is 12.6. The van der Waals surface area contributed by atoms with Crippen LogP contribution in [0.3, 0.4) is 0 Å². The van der Waals surface area contributed by atoms with Gasteiger partial charge in [-0.25, -0.2) is 0 Å². The zero-order chi connectivity index (χ0) is 38.1. The third-order valence-corrected chi connectivity index (χ3v) is 10.5. The lowest BCUT2D eigenvalue weighted by molar-refractivity contribution is -0.124. The number of nitrogens with two attached hydrogens (primary N) is 2. The molecule has 2 aliphatic rings. The van der Waals surface area contributed by atoms with Crippen LogP contribution in [0.1, 0.15) is 48.3 Å². The maximum atomic E-state index is 11.3. The van der Waals surface area contributed by atoms with Crippen molar-refractivity contribution in [1.82, 2.24) is 19.6 Å². The molecule has 2 fully saturated rings. The summed E-state index contributed by atoms with van der Waals surface area (Å²) in [7, 11) is 0. The van der Waals surface area contributed by atoms with E-state index < -0.39 is 0 Å². The Labute approximate surface area is 386 Å². The van der Waals surface area contributed by atoms with Crippen molar-refractivity contribution in [1.29, 1.82) is 0 Å². The van der Waals surface area contributed by atoms with Gasteiger partial charge in [0.2, 0.25) is 11.8 Å². The van der Waals surface area contributed by atoms with Crippen molar-refractivity contribution in [2.75, 3.05) is 78.7 Å². The number of carbonyl (C=O) groups excluding carboxylic acids is 2. The lowest BCUT2D eigenvalue weighted by Crippen LogP contribution is -2.53. The lowest BCUT2D eigenvalue weighted by Gasteiger charge is -2.37. The number of rotatable bonds is 16. The first-order valence-corrected chi connectivity index (χ1v) is 19.2. The van der Waals surface area contributed by atoms with Gasteiger partial charge in [0.25, 0.3) is 0 Å². The van der Waals surface area contributed by atoms with Gasteiger partial charge in [0, 0.05) is 65.4 Å². The minimum atomic E-state index is -0.250. The van der Waals surface area contributed by atoms with Crippen molar-refractivity contribution < 1.29 is 35.5 Å². The highest BCUT2D eigenvalue weighted by molar-refractivity contribution is 5.86. The predicted molar refractivity (Wildman–Crippen MR) is 255 cm³/mol. The zero-order valence-electron chi connectivity index (χ0n) is 35.1. The Morgan fingerprint density at radius 2 is 0.689 bits per heavy atom. The van der Waals surface area contributed by atoms with Gasteiger partial charge in [0.15, 0.2) is 0 Å². The van der Waals surface area contributed by atoms with Crippen molar-refractivity contribution >= 4 is 61.4 Å². The number of benzene rings is 4. The number of nitrogens with zero attached hydrogens (tertiary/aromatic N) is 4. The van der Waals surface area contributed by atoms with Crippen LogP contribution >= 0.6 is 49.6 Å². The van der Waals surface area contributed by atoms with Gasteiger partial charge >= 0.3 is 0 Å². The quantitative estimate of drug-likeness (QED) is 0.168. The van der Waals surface area contributed by atoms with Crippen LogP contribution in [0.5, 0.6) is 0 Å². The smallest absolute Gasteiger partial charge is 0.234 e. The second-order valence-corrected chi connectivity index (χ2v) is 14.1. The molecule has 2 heterocycles. The van der Waals surface area contributed by atoms with Gasteiger partial charge in [-0.1, -0.05) is 121 Å². The van der Waals surface area contributed by atoms with Gasteiger partial charge in [0.1, 0.15) is 12.2 Å². The molecule has 2 aliphatic heterocycles. The minimum absolute atomic E-state index is 0. The number of carbonyl (C=O) groups is 2. The number of hydrogen-bond donors (Lipinski definition) is 2. The molecule has 2 atom stereocenters. The molecule has 4 aromatic carbocycles. The molecule has 0 radical (unpaired) electrons. The normalized spacial score (nSPS) is 15.1. The van der Waals surface area contributed by atoms with Crippen molar-refractivity contribution in [2.45, 2.75) is 38.1 Å². The van der Waals surface area contributed by atoms with Crippen molar-refractivity contribution in [3.8, 4) is 0 Å². The fraction of sp³-hybridized carbons (Fsp3) is 0.409. The Kier molecular flexibility index (Phi) is 33.7. The molecule has 2 saturated heterocycles. The van der Waals surface area contributed by atoms with Gasteiger partial charge < -0.3 is 37.4 Å². The molecule has 0 bridgehead atoms. The summed E-state index contributed by atoms with van der Waals surface area (Å²) >= 11 is 0. The third kappa shape index (κ3) is 19.7. The lowest BCUT2D eigenvalue weighted by atomic mass is 10.0. The minimum Gasteiger partial charge on any atom is -0.412 e. The van der Waals surface area contributed by atoms with Gasteiger partial charge in [-0.15, -0.1) is 49.6 Å². The molecule has 344 valence electrons. The molecule has 0 saturated carbocycles. The fourth-order valence-electron chi connectivity index (χ4n) is 6.99. The summed E-state index contributed by atoms with van der Waals surface area (Å²) in [5.41, 5.74) is 15.5. The van der Waals surface area contributed by atoms with Crippen LogP contribution in [0.4, 0.5) is 0 Å². The molecular formula is C44H68Cl4N6O7.